The van der Waals surface area contributed by atoms with Gasteiger partial charge in [0.15, 0.2) is 5.78 Å². The highest BCUT2D eigenvalue weighted by Crippen LogP contribution is 2.44. The summed E-state index contributed by atoms with van der Waals surface area (Å²) in [7, 11) is 0. The van der Waals surface area contributed by atoms with E-state index in [1.165, 1.54) is 16.8 Å². The molecule has 0 spiro atoms. The molecule has 2 aromatic carbocycles. The van der Waals surface area contributed by atoms with Crippen molar-refractivity contribution >= 4 is 17.3 Å². The fraction of sp³-hybridized carbons (Fsp3) is 0.182. The van der Waals surface area contributed by atoms with Gasteiger partial charge in [0.05, 0.1) is 16.2 Å². The molecule has 0 bridgehead atoms. The second-order valence-electron chi connectivity index (χ2n) is 7.46. The van der Waals surface area contributed by atoms with Crippen molar-refractivity contribution in [2.75, 3.05) is 5.32 Å². The maximum absolute atomic E-state index is 13.4. The van der Waals surface area contributed by atoms with E-state index in [1.807, 2.05) is 30.3 Å². The summed E-state index contributed by atoms with van der Waals surface area (Å²) in [6.07, 6.45) is 1.81. The molecule has 1 aliphatic heterocycles. The van der Waals surface area contributed by atoms with Crippen molar-refractivity contribution in [3.8, 4) is 5.69 Å². The maximum atomic E-state index is 13.4. The highest BCUT2D eigenvalue weighted by atomic mass is 16.6. The van der Waals surface area contributed by atoms with Crippen molar-refractivity contribution in [3.63, 3.8) is 0 Å². The predicted octanol–water partition coefficient (Wildman–Crippen LogP) is 3.64. The van der Waals surface area contributed by atoms with Gasteiger partial charge < -0.3 is 5.32 Å². The Bertz CT molecular complexity index is 1270. The maximum Gasteiger partial charge on any atom is 0.277 e. The summed E-state index contributed by atoms with van der Waals surface area (Å²) in [6.45, 7) is 0. The molecule has 1 aliphatic carbocycles. The lowest BCUT2D eigenvalue weighted by atomic mass is 9.77. The van der Waals surface area contributed by atoms with Gasteiger partial charge in [-0.1, -0.05) is 30.3 Å². The second kappa shape index (κ2) is 6.84. The monoisotopic (exact) mass is 402 g/mol. The molecule has 8 nitrogen and oxygen atoms in total. The van der Waals surface area contributed by atoms with E-state index in [1.54, 1.807) is 12.1 Å². The molecule has 30 heavy (non-hydrogen) atoms. The Morgan fingerprint density at radius 1 is 1.03 bits per heavy atom. The molecule has 1 aromatic heterocycles. The van der Waals surface area contributed by atoms with Crippen LogP contribution in [-0.4, -0.2) is 20.5 Å². The molecule has 8 heteroatoms. The Labute approximate surface area is 171 Å². The average Bonchev–Trinajstić information content (AvgIpc) is 3.09. The van der Waals surface area contributed by atoms with Crippen molar-refractivity contribution in [1.82, 2.24) is 9.78 Å². The molecule has 2 N–H and O–H groups in total. The smallest absolute Gasteiger partial charge is 0.277 e. The van der Waals surface area contributed by atoms with Crippen LogP contribution in [0.3, 0.4) is 0 Å². The number of hydrogen-bond acceptors (Lipinski definition) is 5. The highest BCUT2D eigenvalue weighted by molar-refractivity contribution is 6.01. The molecule has 0 amide bonds. The second-order valence-corrected chi connectivity index (χ2v) is 7.46. The minimum atomic E-state index is -0.655. The lowest BCUT2D eigenvalue weighted by molar-refractivity contribution is -0.384. The molecule has 0 saturated heterocycles. The molecule has 150 valence electrons. The summed E-state index contributed by atoms with van der Waals surface area (Å²) < 4.78 is 1.44. The van der Waals surface area contributed by atoms with Gasteiger partial charge in [-0.2, -0.15) is 0 Å². The SMILES string of the molecule is O=C1CCCC2=C1[C@H](c1cccc([N+](=O)[O-])c1)c1c([nH]n(-c3ccccc3)c1=O)N2. The standard InChI is InChI=1S/C22H18N4O4/c27-17-11-5-10-16-19(17)18(13-6-4-9-15(12-13)26(29)30)20-21(23-16)24-25(22(20)28)14-7-2-1-3-8-14/h1-4,6-9,12,18,23-24H,5,10-11H2/t18-/m0/s1. The summed E-state index contributed by atoms with van der Waals surface area (Å²) in [5.74, 6) is -0.163. The van der Waals surface area contributed by atoms with Crippen molar-refractivity contribution in [2.24, 2.45) is 0 Å². The molecule has 1 atom stereocenters. The first-order chi connectivity index (χ1) is 14.5. The summed E-state index contributed by atoms with van der Waals surface area (Å²) >= 11 is 0. The number of carbonyl (C=O) groups excluding carboxylic acids is 1. The van der Waals surface area contributed by atoms with Crippen molar-refractivity contribution < 1.29 is 9.72 Å². The number of benzene rings is 2. The zero-order chi connectivity index (χ0) is 20.8. The fourth-order valence-corrected chi connectivity index (χ4v) is 4.35. The Balaban J connectivity index is 1.75. The number of H-pyrrole nitrogens is 1. The third-order valence-electron chi connectivity index (χ3n) is 5.66. The zero-order valence-electron chi connectivity index (χ0n) is 15.9. The summed E-state index contributed by atoms with van der Waals surface area (Å²) in [5, 5.41) is 17.7. The van der Waals surface area contributed by atoms with Crippen LogP contribution in [0.5, 0.6) is 0 Å². The van der Waals surface area contributed by atoms with Crippen LogP contribution in [0.25, 0.3) is 5.69 Å². The van der Waals surface area contributed by atoms with E-state index in [0.717, 1.165) is 12.1 Å². The van der Waals surface area contributed by atoms with Gasteiger partial charge in [0.2, 0.25) is 0 Å². The molecule has 2 aliphatic rings. The summed E-state index contributed by atoms with van der Waals surface area (Å²) in [6, 6.07) is 15.3. The Morgan fingerprint density at radius 3 is 2.60 bits per heavy atom. The largest absolute Gasteiger partial charge is 0.343 e. The van der Waals surface area contributed by atoms with Crippen LogP contribution in [0.15, 0.2) is 70.7 Å². The third-order valence-corrected chi connectivity index (χ3v) is 5.66. The number of fused-ring (bicyclic) bond motifs is 1. The third kappa shape index (κ3) is 2.76. The molecule has 0 saturated carbocycles. The quantitative estimate of drug-likeness (QED) is 0.513. The number of allylic oxidation sites excluding steroid dienone is 2. The van der Waals surface area contributed by atoms with E-state index >= 15 is 0 Å². The number of ketones is 1. The molecule has 0 unspecified atom stereocenters. The molecular formula is C22H18N4O4. The first kappa shape index (κ1) is 18.1. The number of nitro benzene ring substituents is 1. The molecule has 2 heterocycles. The number of aromatic amines is 1. The minimum absolute atomic E-state index is 0.0298. The molecule has 0 radical (unpaired) electrons. The number of anilines is 1. The van der Waals surface area contributed by atoms with Gasteiger partial charge in [-0.3, -0.25) is 24.8 Å². The van der Waals surface area contributed by atoms with Crippen LogP contribution in [-0.2, 0) is 4.79 Å². The topological polar surface area (TPSA) is 110 Å². The van der Waals surface area contributed by atoms with E-state index < -0.39 is 10.8 Å². The van der Waals surface area contributed by atoms with E-state index in [9.17, 15) is 19.7 Å². The number of rotatable bonds is 3. The lowest BCUT2D eigenvalue weighted by Gasteiger charge is -2.31. The van der Waals surface area contributed by atoms with Crippen molar-refractivity contribution in [3.05, 3.63) is 97.5 Å². The van der Waals surface area contributed by atoms with Crippen LogP contribution < -0.4 is 10.9 Å². The number of non-ortho nitro benzene ring substituents is 1. The number of Topliss-reactive ketones (excluding diaryl/α,β-unsaturated/α-hetero) is 1. The van der Waals surface area contributed by atoms with Crippen LogP contribution >= 0.6 is 0 Å². The number of para-hydroxylation sites is 1. The van der Waals surface area contributed by atoms with Gasteiger partial charge in [0, 0.05) is 35.7 Å². The lowest BCUT2D eigenvalue weighted by Crippen LogP contribution is -2.29. The molecule has 3 aromatic rings. The highest BCUT2D eigenvalue weighted by Gasteiger charge is 2.39. The zero-order valence-corrected chi connectivity index (χ0v) is 15.9. The van der Waals surface area contributed by atoms with Gasteiger partial charge >= 0.3 is 0 Å². The number of nitrogens with zero attached hydrogens (tertiary/aromatic N) is 2. The van der Waals surface area contributed by atoms with E-state index in [-0.39, 0.29) is 17.0 Å². The average molecular weight is 402 g/mol. The summed E-state index contributed by atoms with van der Waals surface area (Å²) in [5.41, 5.74) is 2.57. The van der Waals surface area contributed by atoms with Crippen LogP contribution in [0.2, 0.25) is 0 Å². The van der Waals surface area contributed by atoms with Gasteiger partial charge in [0.25, 0.3) is 11.2 Å². The Morgan fingerprint density at radius 2 is 1.83 bits per heavy atom. The number of carbonyl (C=O) groups is 1. The van der Waals surface area contributed by atoms with Gasteiger partial charge in [-0.05, 0) is 30.5 Å². The predicted molar refractivity (Wildman–Crippen MR) is 111 cm³/mol. The van der Waals surface area contributed by atoms with Crippen LogP contribution in [0, 0.1) is 10.1 Å². The van der Waals surface area contributed by atoms with Crippen molar-refractivity contribution in [2.45, 2.75) is 25.2 Å². The molecule has 5 rings (SSSR count). The van der Waals surface area contributed by atoms with E-state index in [2.05, 4.69) is 10.4 Å². The van der Waals surface area contributed by atoms with Gasteiger partial charge in [-0.25, -0.2) is 4.68 Å². The number of nitro groups is 1. The first-order valence-corrected chi connectivity index (χ1v) is 9.72. The van der Waals surface area contributed by atoms with E-state index in [0.29, 0.717) is 41.0 Å². The normalized spacial score (nSPS) is 17.9. The van der Waals surface area contributed by atoms with E-state index in [4.69, 9.17) is 0 Å². The van der Waals surface area contributed by atoms with Crippen LogP contribution in [0.1, 0.15) is 36.3 Å². The minimum Gasteiger partial charge on any atom is -0.343 e. The number of aromatic nitrogens is 2. The van der Waals surface area contributed by atoms with Gasteiger partial charge in [0.1, 0.15) is 5.82 Å². The molecule has 0 fully saturated rings. The Kier molecular flexibility index (Phi) is 4.13. The Hall–Kier alpha value is -3.94. The van der Waals surface area contributed by atoms with Crippen LogP contribution in [0.4, 0.5) is 11.5 Å². The fourth-order valence-electron chi connectivity index (χ4n) is 4.35. The summed E-state index contributed by atoms with van der Waals surface area (Å²) in [4.78, 5) is 37.2. The number of hydrogen-bond donors (Lipinski definition) is 2. The van der Waals surface area contributed by atoms with Crippen molar-refractivity contribution in [1.29, 1.82) is 0 Å². The number of nitrogens with one attached hydrogen (secondary N) is 2. The first-order valence-electron chi connectivity index (χ1n) is 9.72. The molecular weight excluding hydrogens is 384 g/mol. The van der Waals surface area contributed by atoms with Gasteiger partial charge in [-0.15, -0.1) is 0 Å².